The highest BCUT2D eigenvalue weighted by Crippen LogP contribution is 1.62. The maximum atomic E-state index is 9.44. The molecular weight excluding hydrogens is 196 g/mol. The largest absolute Gasteiger partial charge is 0.759 e. The summed E-state index contributed by atoms with van der Waals surface area (Å²) in [6.45, 7) is 0. The van der Waals surface area contributed by atoms with Gasteiger partial charge in [-0.05, 0) is 0 Å². The summed E-state index contributed by atoms with van der Waals surface area (Å²) in [6, 6.07) is 0. The first-order valence-corrected chi connectivity index (χ1v) is 5.02. The second-order valence-corrected chi connectivity index (χ2v) is 2.76. The molecule has 7 nitrogen and oxygen atoms in total. The van der Waals surface area contributed by atoms with Crippen LogP contribution in [0.5, 0.6) is 0 Å². The summed E-state index contributed by atoms with van der Waals surface area (Å²) in [5.74, 6) is 0. The highest BCUT2D eigenvalue weighted by molar-refractivity contribution is 6.40. The lowest BCUT2D eigenvalue weighted by Crippen LogP contribution is -2.14. The van der Waals surface area contributed by atoms with Gasteiger partial charge in [0.25, 0.3) is 0 Å². The third kappa shape index (κ3) is 26.8. The second-order valence-electron chi connectivity index (χ2n) is 0.717. The van der Waals surface area contributed by atoms with Crippen LogP contribution in [0, 0.1) is 0 Å². The quantitative estimate of drug-likeness (QED) is 0.460. The second kappa shape index (κ2) is 8.25. The first-order valence-electron chi connectivity index (χ1n) is 1.67. The van der Waals surface area contributed by atoms with Gasteiger partial charge >= 0.3 is 27.6 Å². The Morgan fingerprint density at radius 2 is 1.30 bits per heavy atom. The molecular formula is H2O7Si3. The molecule has 0 saturated heterocycles. The zero-order valence-corrected chi connectivity index (χ0v) is 7.44. The van der Waals surface area contributed by atoms with Crippen LogP contribution in [-0.4, -0.2) is 37.2 Å². The predicted octanol–water partition coefficient (Wildman–Crippen LogP) is -2.80. The Morgan fingerprint density at radius 1 is 1.10 bits per heavy atom. The van der Waals surface area contributed by atoms with E-state index >= 15 is 0 Å². The van der Waals surface area contributed by atoms with Gasteiger partial charge in [-0.3, -0.25) is 17.8 Å². The molecule has 0 aliphatic rings. The highest BCUT2D eigenvalue weighted by atomic mass is 28.4. The van der Waals surface area contributed by atoms with Crippen molar-refractivity contribution in [3.8, 4) is 0 Å². The van der Waals surface area contributed by atoms with Crippen molar-refractivity contribution >= 4 is 27.6 Å². The molecule has 56 valence electrons. The van der Waals surface area contributed by atoms with Gasteiger partial charge in [0.2, 0.25) is 0 Å². The van der Waals surface area contributed by atoms with E-state index in [1.165, 1.54) is 0 Å². The van der Waals surface area contributed by atoms with E-state index in [0.29, 0.717) is 0 Å². The van der Waals surface area contributed by atoms with Gasteiger partial charge in [0.15, 0.2) is 0 Å². The lowest BCUT2D eigenvalue weighted by molar-refractivity contribution is 0.275. The molecule has 0 spiro atoms. The van der Waals surface area contributed by atoms with Crippen molar-refractivity contribution < 1.29 is 31.6 Å². The minimum Gasteiger partial charge on any atom is -0.512 e. The average Bonchev–Trinajstić information content (AvgIpc) is 1.62. The van der Waals surface area contributed by atoms with Crippen LogP contribution in [0.25, 0.3) is 0 Å². The van der Waals surface area contributed by atoms with Crippen LogP contribution in [0.2, 0.25) is 0 Å². The van der Waals surface area contributed by atoms with E-state index in [2.05, 4.69) is 4.12 Å². The van der Waals surface area contributed by atoms with E-state index in [4.69, 9.17) is 18.5 Å². The molecule has 0 aromatic heterocycles. The summed E-state index contributed by atoms with van der Waals surface area (Å²) < 4.78 is 39.1. The molecule has 0 amide bonds. The van der Waals surface area contributed by atoms with Crippen molar-refractivity contribution in [3.63, 3.8) is 0 Å². The van der Waals surface area contributed by atoms with Crippen LogP contribution in [0.15, 0.2) is 0 Å². The third-order valence-corrected chi connectivity index (χ3v) is 1.57. The first-order chi connectivity index (χ1) is 4.54. The van der Waals surface area contributed by atoms with Gasteiger partial charge in [-0.15, -0.1) is 0 Å². The normalized spacial score (nSPS) is 6.00. The molecule has 2 N–H and O–H groups in total. The first kappa shape index (κ1) is 12.0. The van der Waals surface area contributed by atoms with Gasteiger partial charge < -0.3 is 13.7 Å². The van der Waals surface area contributed by atoms with Crippen molar-refractivity contribution in [2.45, 2.75) is 0 Å². The van der Waals surface area contributed by atoms with E-state index in [-0.39, 0.29) is 0 Å². The molecule has 0 atom stereocenters. The molecule has 0 aromatic rings. The molecule has 0 fully saturated rings. The topological polar surface area (TPSA) is 118 Å². The summed E-state index contributed by atoms with van der Waals surface area (Å²) in [5, 5.41) is 0. The Bertz CT molecular complexity index is 140. The fourth-order valence-corrected chi connectivity index (χ4v) is 0.672. The van der Waals surface area contributed by atoms with Gasteiger partial charge in [0.1, 0.15) is 0 Å². The lowest BCUT2D eigenvalue weighted by Gasteiger charge is -1.82. The summed E-state index contributed by atoms with van der Waals surface area (Å²) in [5.41, 5.74) is 0. The third-order valence-electron chi connectivity index (χ3n) is 0.175. The average molecular weight is 198 g/mol. The standard InChI is InChI=1S/H2O5Si2.O2Si/c1-6(2)5-7(3)4;1-3-2/h1,3H;. The van der Waals surface area contributed by atoms with Crippen LogP contribution in [-0.2, 0) is 22.0 Å². The van der Waals surface area contributed by atoms with Gasteiger partial charge in [-0.1, -0.05) is 0 Å². The Balaban J connectivity index is 0. The van der Waals surface area contributed by atoms with Gasteiger partial charge in [-0.2, -0.15) is 0 Å². The zero-order chi connectivity index (χ0) is 8.57. The molecule has 0 radical (unpaired) electrons. The summed E-state index contributed by atoms with van der Waals surface area (Å²) >= 11 is 0. The smallest absolute Gasteiger partial charge is 0.512 e. The predicted molar refractivity (Wildman–Crippen MR) is 25.5 cm³/mol. The lowest BCUT2D eigenvalue weighted by atomic mass is 15.7. The van der Waals surface area contributed by atoms with Crippen LogP contribution in [0.1, 0.15) is 0 Å². The molecule has 0 rings (SSSR count). The van der Waals surface area contributed by atoms with E-state index < -0.39 is 27.6 Å². The van der Waals surface area contributed by atoms with Crippen molar-refractivity contribution in [1.82, 2.24) is 0 Å². The van der Waals surface area contributed by atoms with Crippen LogP contribution in [0.4, 0.5) is 0 Å². The van der Waals surface area contributed by atoms with Crippen molar-refractivity contribution in [3.05, 3.63) is 0 Å². The van der Waals surface area contributed by atoms with Crippen LogP contribution >= 0.6 is 0 Å². The molecule has 0 aromatic carbocycles. The maximum absolute atomic E-state index is 9.44. The zero-order valence-electron chi connectivity index (χ0n) is 4.44. The summed E-state index contributed by atoms with van der Waals surface area (Å²) in [7, 11) is -7.82. The Morgan fingerprint density at radius 3 is 1.30 bits per heavy atom. The fraction of sp³-hybridized carbons (Fsp3) is 0. The fourth-order valence-electron chi connectivity index (χ4n) is 0.0747. The number of hydrogen-bond acceptors (Lipinski definition) is 5. The number of rotatable bonds is 2. The van der Waals surface area contributed by atoms with Crippen molar-refractivity contribution in [1.29, 1.82) is 0 Å². The molecule has 10 heavy (non-hydrogen) atoms. The minimum absolute atomic E-state index is 1.42. The van der Waals surface area contributed by atoms with Crippen molar-refractivity contribution in [2.24, 2.45) is 0 Å². The molecule has 0 bridgehead atoms. The van der Waals surface area contributed by atoms with Gasteiger partial charge in [-0.25, -0.2) is 0 Å². The minimum atomic E-state index is -3.20. The molecule has 0 saturated carbocycles. The van der Waals surface area contributed by atoms with Crippen LogP contribution < -0.4 is 0 Å². The molecule has 0 aliphatic carbocycles. The van der Waals surface area contributed by atoms with Crippen molar-refractivity contribution in [2.75, 3.05) is 0 Å². The Labute approximate surface area is 60.0 Å². The summed E-state index contributed by atoms with van der Waals surface area (Å²) in [6.07, 6.45) is 0. The Kier molecular flexibility index (Phi) is 9.88. The highest BCUT2D eigenvalue weighted by Gasteiger charge is 2.12. The van der Waals surface area contributed by atoms with Gasteiger partial charge in [0.05, 0.1) is 0 Å². The van der Waals surface area contributed by atoms with Crippen LogP contribution in [0.3, 0.4) is 0 Å². The maximum Gasteiger partial charge on any atom is 0.759 e. The summed E-state index contributed by atoms with van der Waals surface area (Å²) in [4.78, 5) is 15.4. The number of hydrogen-bond donors (Lipinski definition) is 2. The molecule has 0 unspecified atom stereocenters. The Hall–Kier alpha value is -0.749. The van der Waals surface area contributed by atoms with E-state index in [0.717, 1.165) is 0 Å². The molecule has 10 heteroatoms. The van der Waals surface area contributed by atoms with E-state index in [1.807, 2.05) is 0 Å². The molecule has 0 heterocycles. The van der Waals surface area contributed by atoms with E-state index in [9.17, 15) is 8.92 Å². The van der Waals surface area contributed by atoms with Gasteiger partial charge in [0, 0.05) is 0 Å². The monoisotopic (exact) mass is 198 g/mol. The SMILES string of the molecule is O=[Si](O)O[Si](=O)O.O=[Si]=O. The molecule has 0 aliphatic heterocycles. The van der Waals surface area contributed by atoms with E-state index in [1.54, 1.807) is 0 Å².